The van der Waals surface area contributed by atoms with Crippen LogP contribution in [0.4, 0.5) is 13.6 Å². The first-order chi connectivity index (χ1) is 13.4. The van der Waals surface area contributed by atoms with Gasteiger partial charge >= 0.3 is 6.09 Å². The minimum Gasteiger partial charge on any atom is -0.493 e. The van der Waals surface area contributed by atoms with Crippen LogP contribution in [-0.2, 0) is 14.6 Å². The highest BCUT2D eigenvalue weighted by Crippen LogP contribution is 2.26. The van der Waals surface area contributed by atoms with Crippen molar-refractivity contribution in [1.82, 2.24) is 4.90 Å². The molecule has 6 nitrogen and oxygen atoms in total. The number of piperidine rings is 1. The molecule has 1 aliphatic rings. The number of hydrogen-bond donors (Lipinski definition) is 0. The number of nitrogens with zero attached hydrogens (tertiary/aromatic N) is 1. The summed E-state index contributed by atoms with van der Waals surface area (Å²) in [7, 11) is -3.98. The Bertz CT molecular complexity index is 805. The van der Waals surface area contributed by atoms with Crippen molar-refractivity contribution in [3.63, 3.8) is 0 Å². The Kier molecular flexibility index (Phi) is 7.48. The van der Waals surface area contributed by atoms with E-state index < -0.39 is 32.0 Å². The maximum absolute atomic E-state index is 13.9. The maximum atomic E-state index is 13.9. The molecule has 0 aliphatic carbocycles. The third kappa shape index (κ3) is 7.13. The van der Waals surface area contributed by atoms with E-state index in [0.29, 0.717) is 25.4 Å². The molecule has 0 radical (unpaired) electrons. The summed E-state index contributed by atoms with van der Waals surface area (Å²) in [6, 6.07) is 1.78. The molecular formula is C20H29F2NO5S. The highest BCUT2D eigenvalue weighted by atomic mass is 32.2. The van der Waals surface area contributed by atoms with E-state index in [2.05, 4.69) is 0 Å². The molecule has 1 aromatic carbocycles. The zero-order valence-corrected chi connectivity index (χ0v) is 18.2. The number of halogens is 2. The van der Waals surface area contributed by atoms with Gasteiger partial charge in [0, 0.05) is 31.5 Å². The average molecular weight is 434 g/mol. The van der Waals surface area contributed by atoms with Crippen LogP contribution in [0.15, 0.2) is 17.0 Å². The predicted molar refractivity (Wildman–Crippen MR) is 105 cm³/mol. The maximum Gasteiger partial charge on any atom is 0.410 e. The van der Waals surface area contributed by atoms with Crippen LogP contribution in [0, 0.1) is 17.6 Å². The van der Waals surface area contributed by atoms with Crippen LogP contribution >= 0.6 is 0 Å². The lowest BCUT2D eigenvalue weighted by Crippen LogP contribution is -2.41. The number of benzene rings is 1. The summed E-state index contributed by atoms with van der Waals surface area (Å²) in [5.41, 5.74) is -0.510. The van der Waals surface area contributed by atoms with Crippen molar-refractivity contribution in [2.24, 2.45) is 5.92 Å². The first kappa shape index (κ1) is 23.4. The fourth-order valence-electron chi connectivity index (χ4n) is 3.27. The molecule has 29 heavy (non-hydrogen) atoms. The number of amides is 1. The fourth-order valence-corrected chi connectivity index (χ4v) is 4.09. The van der Waals surface area contributed by atoms with E-state index in [1.807, 2.05) is 20.8 Å². The van der Waals surface area contributed by atoms with Crippen LogP contribution < -0.4 is 4.74 Å². The number of hydrogen-bond acceptors (Lipinski definition) is 5. The van der Waals surface area contributed by atoms with Crippen LogP contribution in [0.5, 0.6) is 5.75 Å². The molecule has 0 spiro atoms. The van der Waals surface area contributed by atoms with Crippen molar-refractivity contribution in [3.8, 4) is 5.75 Å². The Morgan fingerprint density at radius 3 is 2.21 bits per heavy atom. The number of ether oxygens (including phenoxy) is 2. The van der Waals surface area contributed by atoms with Gasteiger partial charge in [0.25, 0.3) is 0 Å². The molecule has 1 aromatic rings. The summed E-state index contributed by atoms with van der Waals surface area (Å²) >= 11 is 0. The second-order valence-electron chi connectivity index (χ2n) is 8.39. The van der Waals surface area contributed by atoms with Gasteiger partial charge in [-0.3, -0.25) is 0 Å². The van der Waals surface area contributed by atoms with Crippen molar-refractivity contribution in [3.05, 3.63) is 23.8 Å². The molecular weight excluding hydrogens is 404 g/mol. The van der Waals surface area contributed by atoms with Crippen LogP contribution in [0.2, 0.25) is 0 Å². The summed E-state index contributed by atoms with van der Waals surface area (Å²) in [6.45, 7) is 7.06. The zero-order valence-electron chi connectivity index (χ0n) is 17.3. The van der Waals surface area contributed by atoms with Gasteiger partial charge in [0.1, 0.15) is 27.9 Å². The first-order valence-corrected chi connectivity index (χ1v) is 11.6. The van der Waals surface area contributed by atoms with Crippen LogP contribution in [0.25, 0.3) is 0 Å². The van der Waals surface area contributed by atoms with Gasteiger partial charge in [-0.1, -0.05) is 0 Å². The monoisotopic (exact) mass is 433 g/mol. The Morgan fingerprint density at radius 1 is 1.17 bits per heavy atom. The highest BCUT2D eigenvalue weighted by Gasteiger charge is 2.26. The topological polar surface area (TPSA) is 72.9 Å². The SMILES string of the molecule is CC(C)(C)OC(=O)N1CCC(CCCOc2cc(F)c(S(C)(=O)=O)c(F)c2)CC1. The van der Waals surface area contributed by atoms with Crippen LogP contribution in [0.3, 0.4) is 0 Å². The number of carbonyl (C=O) groups excluding carboxylic acids is 1. The van der Waals surface area contributed by atoms with E-state index >= 15 is 0 Å². The van der Waals surface area contributed by atoms with E-state index in [1.54, 1.807) is 4.90 Å². The molecule has 164 valence electrons. The number of rotatable bonds is 6. The zero-order chi connectivity index (χ0) is 21.8. The van der Waals surface area contributed by atoms with Gasteiger partial charge in [-0.2, -0.15) is 0 Å². The molecule has 0 atom stereocenters. The van der Waals surface area contributed by atoms with Crippen molar-refractivity contribution in [1.29, 1.82) is 0 Å². The Hall–Kier alpha value is -1.90. The standard InChI is InChI=1S/C20H29F2NO5S/c1-20(2,3)28-19(24)23-9-7-14(8-10-23)6-5-11-27-15-12-16(21)18(17(22)13-15)29(4,25)26/h12-14H,5-11H2,1-4H3. The second-order valence-corrected chi connectivity index (χ2v) is 10.3. The molecule has 2 rings (SSSR count). The molecule has 1 heterocycles. The summed E-state index contributed by atoms with van der Waals surface area (Å²) < 4.78 is 61.3. The van der Waals surface area contributed by atoms with Crippen molar-refractivity contribution in [2.75, 3.05) is 26.0 Å². The normalized spacial score (nSPS) is 16.0. The molecule has 1 aliphatic heterocycles. The third-order valence-electron chi connectivity index (χ3n) is 4.63. The Balaban J connectivity index is 1.75. The summed E-state index contributed by atoms with van der Waals surface area (Å²) in [6.07, 6.45) is 3.75. The molecule has 1 fully saturated rings. The van der Waals surface area contributed by atoms with E-state index in [1.165, 1.54) is 0 Å². The molecule has 0 N–H and O–H groups in total. The van der Waals surface area contributed by atoms with Gasteiger partial charge < -0.3 is 14.4 Å². The molecule has 0 saturated carbocycles. The fraction of sp³-hybridized carbons (Fsp3) is 0.650. The third-order valence-corrected chi connectivity index (χ3v) is 5.77. The summed E-state index contributed by atoms with van der Waals surface area (Å²) in [5.74, 6) is -1.90. The number of likely N-dealkylation sites (tertiary alicyclic amines) is 1. The molecule has 1 amide bonds. The largest absolute Gasteiger partial charge is 0.493 e. The predicted octanol–water partition coefficient (Wildman–Crippen LogP) is 4.17. The van der Waals surface area contributed by atoms with Crippen molar-refractivity contribution in [2.45, 2.75) is 57.0 Å². The molecule has 9 heteroatoms. The lowest BCUT2D eigenvalue weighted by molar-refractivity contribution is 0.0179. The quantitative estimate of drug-likeness (QED) is 0.630. The molecule has 0 unspecified atom stereocenters. The molecule has 0 aromatic heterocycles. The van der Waals surface area contributed by atoms with E-state index in [-0.39, 0.29) is 18.4 Å². The van der Waals surface area contributed by atoms with Gasteiger partial charge in [-0.25, -0.2) is 22.0 Å². The van der Waals surface area contributed by atoms with E-state index in [4.69, 9.17) is 9.47 Å². The Labute approximate surface area is 171 Å². The number of sulfone groups is 1. The highest BCUT2D eigenvalue weighted by molar-refractivity contribution is 7.90. The van der Waals surface area contributed by atoms with Crippen LogP contribution in [0.1, 0.15) is 46.5 Å². The van der Waals surface area contributed by atoms with Crippen LogP contribution in [-0.4, -0.2) is 51.0 Å². The van der Waals surface area contributed by atoms with Gasteiger partial charge in [-0.15, -0.1) is 0 Å². The van der Waals surface area contributed by atoms with Gasteiger partial charge in [0.15, 0.2) is 9.84 Å². The minimum absolute atomic E-state index is 0.0351. The lowest BCUT2D eigenvalue weighted by Gasteiger charge is -2.33. The molecule has 0 bridgehead atoms. The lowest BCUT2D eigenvalue weighted by atomic mass is 9.92. The minimum atomic E-state index is -3.98. The van der Waals surface area contributed by atoms with Crippen molar-refractivity contribution >= 4 is 15.9 Å². The summed E-state index contributed by atoms with van der Waals surface area (Å²) in [4.78, 5) is 12.8. The average Bonchev–Trinajstić information content (AvgIpc) is 2.56. The van der Waals surface area contributed by atoms with E-state index in [9.17, 15) is 22.0 Å². The Morgan fingerprint density at radius 2 is 1.72 bits per heavy atom. The number of carbonyl (C=O) groups is 1. The van der Waals surface area contributed by atoms with Gasteiger partial charge in [-0.05, 0) is 52.4 Å². The second kappa shape index (κ2) is 9.28. The van der Waals surface area contributed by atoms with Gasteiger partial charge in [0.2, 0.25) is 0 Å². The first-order valence-electron chi connectivity index (χ1n) is 9.66. The van der Waals surface area contributed by atoms with E-state index in [0.717, 1.165) is 37.7 Å². The summed E-state index contributed by atoms with van der Waals surface area (Å²) in [5, 5.41) is 0. The molecule has 1 saturated heterocycles. The van der Waals surface area contributed by atoms with Crippen molar-refractivity contribution < 1.29 is 31.5 Å². The smallest absolute Gasteiger partial charge is 0.410 e. The van der Waals surface area contributed by atoms with Gasteiger partial charge in [0.05, 0.1) is 6.61 Å².